The first-order valence-electron chi connectivity index (χ1n) is 6.17. The number of thioether (sulfide) groups is 1. The predicted molar refractivity (Wildman–Crippen MR) is 90.0 cm³/mol. The summed E-state index contributed by atoms with van der Waals surface area (Å²) in [5.41, 5.74) is 0.765. The molecule has 0 radical (unpaired) electrons. The normalized spacial score (nSPS) is 15.8. The van der Waals surface area contributed by atoms with Gasteiger partial charge in [-0.2, -0.15) is 0 Å². The molecular formula is C13H19ClN2O2S2. The number of nitrogens with zero attached hydrogens (tertiary/aromatic N) is 2. The number of thiocarbonyl (C=S) groups is 1. The molecule has 0 aromatic heterocycles. The van der Waals surface area contributed by atoms with Crippen molar-refractivity contribution in [3.05, 3.63) is 23.8 Å². The Bertz CT molecular complexity index is 466. The summed E-state index contributed by atoms with van der Waals surface area (Å²) in [5, 5.41) is 19.3. The first-order valence-corrected chi connectivity index (χ1v) is 7.80. The van der Waals surface area contributed by atoms with Gasteiger partial charge in [0, 0.05) is 38.3 Å². The van der Waals surface area contributed by atoms with E-state index in [1.165, 1.54) is 6.07 Å². The Balaban J connectivity index is 0.00000200. The second kappa shape index (κ2) is 7.93. The van der Waals surface area contributed by atoms with Crippen LogP contribution in [-0.4, -0.2) is 56.8 Å². The van der Waals surface area contributed by atoms with Crippen LogP contribution < -0.4 is 0 Å². The van der Waals surface area contributed by atoms with Crippen LogP contribution in [0.5, 0.6) is 11.5 Å². The highest BCUT2D eigenvalue weighted by atomic mass is 35.5. The van der Waals surface area contributed by atoms with Crippen molar-refractivity contribution in [3.63, 3.8) is 0 Å². The summed E-state index contributed by atoms with van der Waals surface area (Å²) in [7, 11) is 0. The van der Waals surface area contributed by atoms with Gasteiger partial charge in [0.05, 0.1) is 0 Å². The Morgan fingerprint density at radius 3 is 2.50 bits per heavy atom. The Hall–Kier alpha value is -0.690. The molecule has 0 bridgehead atoms. The lowest BCUT2D eigenvalue weighted by Gasteiger charge is -2.35. The molecule has 1 heterocycles. The van der Waals surface area contributed by atoms with Crippen LogP contribution in [0.25, 0.3) is 0 Å². The van der Waals surface area contributed by atoms with Crippen LogP contribution in [0.3, 0.4) is 0 Å². The number of benzene rings is 1. The van der Waals surface area contributed by atoms with Crippen molar-refractivity contribution >= 4 is 40.7 Å². The van der Waals surface area contributed by atoms with Crippen molar-refractivity contribution in [1.29, 1.82) is 0 Å². The van der Waals surface area contributed by atoms with Crippen molar-refractivity contribution in [2.45, 2.75) is 6.54 Å². The maximum Gasteiger partial charge on any atom is 0.161 e. The van der Waals surface area contributed by atoms with E-state index in [2.05, 4.69) is 9.80 Å². The molecule has 0 spiro atoms. The van der Waals surface area contributed by atoms with Gasteiger partial charge < -0.3 is 15.1 Å². The lowest BCUT2D eigenvalue weighted by molar-refractivity contribution is 0.177. The lowest BCUT2D eigenvalue weighted by Crippen LogP contribution is -2.47. The molecule has 112 valence electrons. The molecule has 0 unspecified atom stereocenters. The molecule has 0 atom stereocenters. The molecule has 1 aliphatic heterocycles. The number of piperazine rings is 1. The van der Waals surface area contributed by atoms with E-state index >= 15 is 0 Å². The molecule has 1 aromatic rings. The zero-order chi connectivity index (χ0) is 13.8. The minimum Gasteiger partial charge on any atom is -0.504 e. The number of rotatable bonds is 2. The topological polar surface area (TPSA) is 46.9 Å². The van der Waals surface area contributed by atoms with Gasteiger partial charge in [0.25, 0.3) is 0 Å². The van der Waals surface area contributed by atoms with E-state index < -0.39 is 0 Å². The summed E-state index contributed by atoms with van der Waals surface area (Å²) in [4.78, 5) is 4.47. The monoisotopic (exact) mass is 334 g/mol. The standard InChI is InChI=1S/C13H18N2O2S2.ClH/c1-19-13(18)15-7-5-14(6-8-15)9-10-3-2-4-11(16)12(10)17;/h2-4,16-17H,5-9H2,1H3;1H. The zero-order valence-electron chi connectivity index (χ0n) is 11.3. The van der Waals surface area contributed by atoms with Gasteiger partial charge >= 0.3 is 0 Å². The van der Waals surface area contributed by atoms with Gasteiger partial charge in [-0.15, -0.1) is 24.2 Å². The van der Waals surface area contributed by atoms with Crippen LogP contribution in [0.15, 0.2) is 18.2 Å². The molecule has 1 aliphatic rings. The average Bonchev–Trinajstić information content (AvgIpc) is 2.44. The molecule has 2 N–H and O–H groups in total. The molecule has 7 heteroatoms. The quantitative estimate of drug-likeness (QED) is 0.639. The highest BCUT2D eigenvalue weighted by molar-refractivity contribution is 8.22. The SMILES string of the molecule is CSC(=S)N1CCN(Cc2cccc(O)c2O)CC1.Cl. The van der Waals surface area contributed by atoms with E-state index in [1.54, 1.807) is 17.8 Å². The van der Waals surface area contributed by atoms with Crippen molar-refractivity contribution in [1.82, 2.24) is 9.80 Å². The van der Waals surface area contributed by atoms with E-state index in [0.29, 0.717) is 6.54 Å². The van der Waals surface area contributed by atoms with Crippen LogP contribution in [0.4, 0.5) is 0 Å². The van der Waals surface area contributed by atoms with Crippen LogP contribution in [0.1, 0.15) is 5.56 Å². The number of para-hydroxylation sites is 1. The van der Waals surface area contributed by atoms with Crippen molar-refractivity contribution in [3.8, 4) is 11.5 Å². The van der Waals surface area contributed by atoms with E-state index in [0.717, 1.165) is 36.1 Å². The molecule has 1 aromatic carbocycles. The minimum absolute atomic E-state index is 0. The lowest BCUT2D eigenvalue weighted by atomic mass is 10.1. The fraction of sp³-hybridized carbons (Fsp3) is 0.462. The van der Waals surface area contributed by atoms with Crippen LogP contribution in [-0.2, 0) is 6.54 Å². The number of hydrogen-bond acceptors (Lipinski definition) is 5. The molecule has 0 aliphatic carbocycles. The summed E-state index contributed by atoms with van der Waals surface area (Å²) in [6, 6.07) is 5.09. The molecule has 2 rings (SSSR count). The summed E-state index contributed by atoms with van der Waals surface area (Å²) in [6.45, 7) is 4.31. The maximum atomic E-state index is 9.80. The minimum atomic E-state index is -0.0558. The summed E-state index contributed by atoms with van der Waals surface area (Å²) in [5.74, 6) is -0.0655. The highest BCUT2D eigenvalue weighted by Crippen LogP contribution is 2.29. The van der Waals surface area contributed by atoms with Crippen LogP contribution in [0, 0.1) is 0 Å². The van der Waals surface area contributed by atoms with Crippen molar-refractivity contribution in [2.75, 3.05) is 32.4 Å². The third-order valence-corrected chi connectivity index (χ3v) is 4.66. The van der Waals surface area contributed by atoms with Crippen molar-refractivity contribution in [2.24, 2.45) is 0 Å². The second-order valence-electron chi connectivity index (χ2n) is 4.52. The molecular weight excluding hydrogens is 316 g/mol. The van der Waals surface area contributed by atoms with E-state index in [4.69, 9.17) is 12.2 Å². The maximum absolute atomic E-state index is 9.80. The summed E-state index contributed by atoms with van der Waals surface area (Å²) >= 11 is 6.89. The Morgan fingerprint density at radius 2 is 1.90 bits per heavy atom. The first kappa shape index (κ1) is 17.4. The fourth-order valence-electron chi connectivity index (χ4n) is 2.16. The van der Waals surface area contributed by atoms with Gasteiger partial charge in [0.15, 0.2) is 11.5 Å². The fourth-order valence-corrected chi connectivity index (χ4v) is 2.79. The number of phenolic OH excluding ortho intramolecular Hbond substituents is 2. The highest BCUT2D eigenvalue weighted by Gasteiger charge is 2.19. The number of halogens is 1. The number of aromatic hydroxyl groups is 2. The van der Waals surface area contributed by atoms with Gasteiger partial charge in [0.1, 0.15) is 4.32 Å². The molecule has 0 saturated carbocycles. The molecule has 4 nitrogen and oxygen atoms in total. The van der Waals surface area contributed by atoms with E-state index in [9.17, 15) is 10.2 Å². The summed E-state index contributed by atoms with van der Waals surface area (Å²) < 4.78 is 0.944. The molecule has 1 saturated heterocycles. The molecule has 1 fully saturated rings. The van der Waals surface area contributed by atoms with E-state index in [-0.39, 0.29) is 23.9 Å². The number of phenols is 2. The van der Waals surface area contributed by atoms with Gasteiger partial charge in [-0.3, -0.25) is 4.90 Å². The smallest absolute Gasteiger partial charge is 0.161 e. The van der Waals surface area contributed by atoms with Gasteiger partial charge in [0.2, 0.25) is 0 Å². The van der Waals surface area contributed by atoms with E-state index in [1.807, 2.05) is 12.3 Å². The van der Waals surface area contributed by atoms with Crippen LogP contribution >= 0.6 is 36.4 Å². The molecule has 0 amide bonds. The van der Waals surface area contributed by atoms with Gasteiger partial charge in [-0.25, -0.2) is 0 Å². The third-order valence-electron chi connectivity index (χ3n) is 3.30. The Labute approximate surface area is 135 Å². The predicted octanol–water partition coefficient (Wildman–Crippen LogP) is 2.29. The summed E-state index contributed by atoms with van der Waals surface area (Å²) in [6.07, 6.45) is 2.00. The van der Waals surface area contributed by atoms with Crippen molar-refractivity contribution < 1.29 is 10.2 Å². The van der Waals surface area contributed by atoms with Crippen LogP contribution in [0.2, 0.25) is 0 Å². The second-order valence-corrected chi connectivity index (χ2v) is 5.96. The zero-order valence-corrected chi connectivity index (χ0v) is 13.7. The Kier molecular flexibility index (Phi) is 6.88. The third kappa shape index (κ3) is 4.15. The average molecular weight is 335 g/mol. The number of hydrogen-bond donors (Lipinski definition) is 2. The molecule has 20 heavy (non-hydrogen) atoms. The Morgan fingerprint density at radius 1 is 1.25 bits per heavy atom. The van der Waals surface area contributed by atoms with Gasteiger partial charge in [-0.1, -0.05) is 24.4 Å². The largest absolute Gasteiger partial charge is 0.504 e. The first-order chi connectivity index (χ1) is 9.11. The van der Waals surface area contributed by atoms with Gasteiger partial charge in [-0.05, 0) is 12.3 Å².